The number of hydrogen-bond acceptors (Lipinski definition) is 5. The van der Waals surface area contributed by atoms with E-state index in [9.17, 15) is 17.6 Å². The van der Waals surface area contributed by atoms with Crippen molar-refractivity contribution in [2.45, 2.75) is 24.7 Å². The summed E-state index contributed by atoms with van der Waals surface area (Å²) in [4.78, 5) is 12.6. The highest BCUT2D eigenvalue weighted by atomic mass is 32.2. The first kappa shape index (κ1) is 25.8. The zero-order chi connectivity index (χ0) is 26.4. The maximum Gasteiger partial charge on any atom is 0.339 e. The van der Waals surface area contributed by atoms with Gasteiger partial charge in [0, 0.05) is 5.56 Å². The first-order valence-corrected chi connectivity index (χ1v) is 12.9. The predicted octanol–water partition coefficient (Wildman–Crippen LogP) is 5.82. The molecule has 0 heterocycles. The Morgan fingerprint density at radius 1 is 0.946 bits per heavy atom. The van der Waals surface area contributed by atoms with Crippen LogP contribution in [0.15, 0.2) is 107 Å². The van der Waals surface area contributed by atoms with Crippen molar-refractivity contribution in [2.75, 3.05) is 0 Å². The molecule has 0 aliphatic carbocycles. The number of rotatable bonds is 8. The first-order chi connectivity index (χ1) is 17.7. The van der Waals surface area contributed by atoms with E-state index in [1.54, 1.807) is 43.3 Å². The van der Waals surface area contributed by atoms with Crippen molar-refractivity contribution in [1.29, 1.82) is 0 Å². The molecule has 0 saturated heterocycles. The molecule has 0 fully saturated rings. The van der Waals surface area contributed by atoms with E-state index in [2.05, 4.69) is 10.5 Å². The van der Waals surface area contributed by atoms with Gasteiger partial charge in [-0.15, -0.1) is 0 Å². The summed E-state index contributed by atoms with van der Waals surface area (Å²) in [6.45, 7) is 3.53. The van der Waals surface area contributed by atoms with Crippen LogP contribution >= 0.6 is 0 Å². The molecule has 0 aliphatic heterocycles. The van der Waals surface area contributed by atoms with E-state index in [0.29, 0.717) is 16.7 Å². The summed E-state index contributed by atoms with van der Waals surface area (Å²) in [6.07, 6.45) is 1.42. The summed E-state index contributed by atoms with van der Waals surface area (Å²) in [5.41, 5.74) is 5.77. The number of nitrogens with zero attached hydrogens (tertiary/aromatic N) is 1. The minimum atomic E-state index is -3.95. The molecule has 188 valence electrons. The molecule has 8 heteroatoms. The zero-order valence-electron chi connectivity index (χ0n) is 20.3. The van der Waals surface area contributed by atoms with E-state index in [4.69, 9.17) is 4.18 Å². The summed E-state index contributed by atoms with van der Waals surface area (Å²) < 4.78 is 44.7. The van der Waals surface area contributed by atoms with Gasteiger partial charge in [-0.05, 0) is 73.0 Å². The molecule has 1 unspecified atom stereocenters. The lowest BCUT2D eigenvalue weighted by molar-refractivity contribution is -0.122. The van der Waals surface area contributed by atoms with Crippen LogP contribution in [0, 0.1) is 12.7 Å². The third kappa shape index (κ3) is 6.48. The molecule has 1 amide bonds. The summed E-state index contributed by atoms with van der Waals surface area (Å²) in [5, 5.41) is 3.96. The average Bonchev–Trinajstić information content (AvgIpc) is 2.89. The smallest absolute Gasteiger partial charge is 0.339 e. The second kappa shape index (κ2) is 11.2. The molecule has 4 aromatic carbocycles. The predicted molar refractivity (Wildman–Crippen MR) is 141 cm³/mol. The molecule has 0 radical (unpaired) electrons. The lowest BCUT2D eigenvalue weighted by Crippen LogP contribution is -2.23. The molecule has 0 spiro atoms. The normalized spacial score (nSPS) is 12.3. The van der Waals surface area contributed by atoms with Crippen molar-refractivity contribution in [3.05, 3.63) is 120 Å². The molecule has 1 atom stereocenters. The van der Waals surface area contributed by atoms with E-state index >= 15 is 0 Å². The van der Waals surface area contributed by atoms with Crippen LogP contribution in [0.1, 0.15) is 29.5 Å². The van der Waals surface area contributed by atoms with Crippen molar-refractivity contribution >= 4 is 22.2 Å². The van der Waals surface area contributed by atoms with Crippen molar-refractivity contribution in [2.24, 2.45) is 5.10 Å². The molecule has 0 saturated carbocycles. The SMILES string of the molecule is Cc1ccc(S(=O)(=O)Oc2ccc(C=NNC(=O)C(C)c3ccc(-c4ccccc4)c(F)c3)cc2)cc1. The van der Waals surface area contributed by atoms with Gasteiger partial charge in [-0.25, -0.2) is 9.82 Å². The molecule has 4 rings (SSSR count). The molecule has 0 bridgehead atoms. The highest BCUT2D eigenvalue weighted by Gasteiger charge is 2.18. The van der Waals surface area contributed by atoms with Gasteiger partial charge in [0.05, 0.1) is 12.1 Å². The van der Waals surface area contributed by atoms with E-state index in [0.717, 1.165) is 11.1 Å². The Hall–Kier alpha value is -4.30. The third-order valence-corrected chi connectivity index (χ3v) is 7.02. The lowest BCUT2D eigenvalue weighted by atomic mass is 9.96. The number of amides is 1. The Labute approximate surface area is 215 Å². The minimum absolute atomic E-state index is 0.0650. The lowest BCUT2D eigenvalue weighted by Gasteiger charge is -2.12. The van der Waals surface area contributed by atoms with Crippen LogP contribution in [-0.2, 0) is 14.9 Å². The van der Waals surface area contributed by atoms with Crippen LogP contribution in [0.4, 0.5) is 4.39 Å². The number of carbonyl (C=O) groups excluding carboxylic acids is 1. The monoisotopic (exact) mass is 516 g/mol. The number of nitrogens with one attached hydrogen (secondary N) is 1. The van der Waals surface area contributed by atoms with E-state index in [-0.39, 0.29) is 10.6 Å². The topological polar surface area (TPSA) is 84.8 Å². The highest BCUT2D eigenvalue weighted by molar-refractivity contribution is 7.87. The molecule has 4 aromatic rings. The van der Waals surface area contributed by atoms with Crippen LogP contribution in [0.25, 0.3) is 11.1 Å². The Kier molecular flexibility index (Phi) is 7.79. The summed E-state index contributed by atoms with van der Waals surface area (Å²) in [6, 6.07) is 26.5. The maximum atomic E-state index is 14.7. The van der Waals surface area contributed by atoms with Crippen LogP contribution in [-0.4, -0.2) is 20.5 Å². The van der Waals surface area contributed by atoms with Gasteiger partial charge in [-0.1, -0.05) is 60.2 Å². The van der Waals surface area contributed by atoms with Gasteiger partial charge in [0.25, 0.3) is 0 Å². The van der Waals surface area contributed by atoms with Gasteiger partial charge in [0.2, 0.25) is 5.91 Å². The summed E-state index contributed by atoms with van der Waals surface area (Å²) in [7, 11) is -3.95. The van der Waals surface area contributed by atoms with Crippen LogP contribution in [0.3, 0.4) is 0 Å². The molecule has 37 heavy (non-hydrogen) atoms. The Bertz CT molecular complexity index is 1520. The van der Waals surface area contributed by atoms with Gasteiger partial charge in [-0.3, -0.25) is 4.79 Å². The van der Waals surface area contributed by atoms with E-state index in [1.807, 2.05) is 37.3 Å². The molecule has 6 nitrogen and oxygen atoms in total. The van der Waals surface area contributed by atoms with Gasteiger partial charge < -0.3 is 4.18 Å². The second-order valence-corrected chi connectivity index (χ2v) is 10.0. The number of hydrazone groups is 1. The number of aryl methyl sites for hydroxylation is 1. The molecule has 1 N–H and O–H groups in total. The maximum absolute atomic E-state index is 14.7. The van der Waals surface area contributed by atoms with Crippen LogP contribution in [0.2, 0.25) is 0 Å². The fourth-order valence-corrected chi connectivity index (χ4v) is 4.49. The molecule has 0 aliphatic rings. The summed E-state index contributed by atoms with van der Waals surface area (Å²) in [5.74, 6) is -1.28. The number of benzene rings is 4. The summed E-state index contributed by atoms with van der Waals surface area (Å²) >= 11 is 0. The Morgan fingerprint density at radius 3 is 2.27 bits per heavy atom. The van der Waals surface area contributed by atoms with Crippen molar-refractivity contribution in [3.8, 4) is 16.9 Å². The van der Waals surface area contributed by atoms with Gasteiger partial charge in [-0.2, -0.15) is 13.5 Å². The number of hydrogen-bond donors (Lipinski definition) is 1. The fourth-order valence-electron chi connectivity index (χ4n) is 3.56. The zero-order valence-corrected chi connectivity index (χ0v) is 21.1. The molecular weight excluding hydrogens is 491 g/mol. The van der Waals surface area contributed by atoms with E-state index in [1.165, 1.54) is 36.5 Å². The van der Waals surface area contributed by atoms with Crippen molar-refractivity contribution in [3.63, 3.8) is 0 Å². The highest BCUT2D eigenvalue weighted by Crippen LogP contribution is 2.26. The fraction of sp³-hybridized carbons (Fsp3) is 0.103. The van der Waals surface area contributed by atoms with Crippen LogP contribution in [0.5, 0.6) is 5.75 Å². The van der Waals surface area contributed by atoms with Gasteiger partial charge in [0.15, 0.2) is 0 Å². The van der Waals surface area contributed by atoms with Gasteiger partial charge >= 0.3 is 10.1 Å². The second-order valence-electron chi connectivity index (χ2n) is 8.48. The first-order valence-electron chi connectivity index (χ1n) is 11.5. The number of halogens is 1. The van der Waals surface area contributed by atoms with Crippen molar-refractivity contribution in [1.82, 2.24) is 5.43 Å². The average molecular weight is 517 g/mol. The van der Waals surface area contributed by atoms with Crippen LogP contribution < -0.4 is 9.61 Å². The largest absolute Gasteiger partial charge is 0.379 e. The molecular formula is C29H25FN2O4S. The Morgan fingerprint density at radius 2 is 1.62 bits per heavy atom. The van der Waals surface area contributed by atoms with E-state index < -0.39 is 27.8 Å². The molecule has 0 aromatic heterocycles. The minimum Gasteiger partial charge on any atom is -0.379 e. The standard InChI is InChI=1S/C29H25FN2O4S/c1-20-8-15-26(16-9-20)37(34,35)36-25-13-10-22(11-14-25)19-31-32-29(33)21(2)24-12-17-27(28(30)18-24)23-6-4-3-5-7-23/h3-19,21H,1-2H3,(H,32,33). The number of carbonyl (C=O) groups is 1. The quantitative estimate of drug-likeness (QED) is 0.182. The van der Waals surface area contributed by atoms with Gasteiger partial charge in [0.1, 0.15) is 16.5 Å². The Balaban J connectivity index is 1.35. The third-order valence-electron chi connectivity index (χ3n) is 5.76. The van der Waals surface area contributed by atoms with Crippen molar-refractivity contribution < 1.29 is 21.8 Å².